The van der Waals surface area contributed by atoms with E-state index in [9.17, 15) is 9.59 Å². The summed E-state index contributed by atoms with van der Waals surface area (Å²) in [6, 6.07) is 15.9. The molecule has 116 valence electrons. The fourth-order valence-corrected chi connectivity index (χ4v) is 2.02. The standard InChI is InChI=1S/C18H17N3O2/c1-13(22)15-3-2-4-17(11-15)20-10-9-18(23)21-16-7-5-14(12-19)6-8-16/h2-8,11,20H,9-10H2,1H3,(H,21,23). The van der Waals surface area contributed by atoms with Gasteiger partial charge in [-0.1, -0.05) is 12.1 Å². The maximum absolute atomic E-state index is 11.9. The van der Waals surface area contributed by atoms with Gasteiger partial charge in [-0.2, -0.15) is 5.26 Å². The average Bonchev–Trinajstić information content (AvgIpc) is 2.56. The van der Waals surface area contributed by atoms with Crippen LogP contribution in [0, 0.1) is 11.3 Å². The molecular weight excluding hydrogens is 290 g/mol. The summed E-state index contributed by atoms with van der Waals surface area (Å²) in [5.74, 6) is -0.114. The molecule has 2 aromatic carbocycles. The van der Waals surface area contributed by atoms with Crippen molar-refractivity contribution in [2.24, 2.45) is 0 Å². The minimum atomic E-state index is -0.120. The van der Waals surface area contributed by atoms with E-state index in [0.29, 0.717) is 29.8 Å². The third-order valence-corrected chi connectivity index (χ3v) is 3.25. The Morgan fingerprint density at radius 3 is 2.48 bits per heavy atom. The summed E-state index contributed by atoms with van der Waals surface area (Å²) < 4.78 is 0. The van der Waals surface area contributed by atoms with Crippen LogP contribution < -0.4 is 10.6 Å². The summed E-state index contributed by atoms with van der Waals surface area (Å²) >= 11 is 0. The summed E-state index contributed by atoms with van der Waals surface area (Å²) in [5, 5.41) is 14.6. The fraction of sp³-hybridized carbons (Fsp3) is 0.167. The average molecular weight is 307 g/mol. The number of carbonyl (C=O) groups is 2. The van der Waals surface area contributed by atoms with Crippen LogP contribution in [0.5, 0.6) is 0 Å². The molecule has 0 saturated carbocycles. The first-order chi connectivity index (χ1) is 11.1. The molecular formula is C18H17N3O2. The highest BCUT2D eigenvalue weighted by Crippen LogP contribution is 2.12. The van der Waals surface area contributed by atoms with Crippen molar-refractivity contribution in [1.29, 1.82) is 5.26 Å². The number of ketones is 1. The molecule has 0 spiro atoms. The Morgan fingerprint density at radius 2 is 1.83 bits per heavy atom. The molecule has 2 rings (SSSR count). The molecule has 0 fully saturated rings. The Labute approximate surface area is 134 Å². The molecule has 0 aliphatic carbocycles. The van der Waals surface area contributed by atoms with Gasteiger partial charge in [-0.05, 0) is 43.3 Å². The van der Waals surface area contributed by atoms with Crippen molar-refractivity contribution in [2.45, 2.75) is 13.3 Å². The molecule has 0 heterocycles. The Kier molecular flexibility index (Phi) is 5.48. The zero-order valence-corrected chi connectivity index (χ0v) is 12.8. The fourth-order valence-electron chi connectivity index (χ4n) is 2.02. The molecule has 0 atom stereocenters. The van der Waals surface area contributed by atoms with Gasteiger partial charge in [0.15, 0.2) is 5.78 Å². The van der Waals surface area contributed by atoms with Crippen LogP contribution >= 0.6 is 0 Å². The van der Waals surface area contributed by atoms with Crippen LogP contribution in [0.3, 0.4) is 0 Å². The number of hydrogen-bond donors (Lipinski definition) is 2. The number of nitrogens with one attached hydrogen (secondary N) is 2. The van der Waals surface area contributed by atoms with E-state index < -0.39 is 0 Å². The van der Waals surface area contributed by atoms with Gasteiger partial charge >= 0.3 is 0 Å². The Bertz CT molecular complexity index is 746. The van der Waals surface area contributed by atoms with Crippen LogP contribution in [0.4, 0.5) is 11.4 Å². The second-order valence-electron chi connectivity index (χ2n) is 5.05. The van der Waals surface area contributed by atoms with Crippen LogP contribution in [0.15, 0.2) is 48.5 Å². The molecule has 23 heavy (non-hydrogen) atoms. The van der Waals surface area contributed by atoms with Crippen molar-refractivity contribution in [3.05, 3.63) is 59.7 Å². The van der Waals surface area contributed by atoms with E-state index in [-0.39, 0.29) is 11.7 Å². The number of benzene rings is 2. The van der Waals surface area contributed by atoms with Gasteiger partial charge in [-0.15, -0.1) is 0 Å². The van der Waals surface area contributed by atoms with Crippen LogP contribution in [0.2, 0.25) is 0 Å². The van der Waals surface area contributed by atoms with Gasteiger partial charge in [0.25, 0.3) is 0 Å². The van der Waals surface area contributed by atoms with Crippen molar-refractivity contribution in [3.63, 3.8) is 0 Å². The van der Waals surface area contributed by atoms with E-state index in [1.165, 1.54) is 6.92 Å². The Balaban J connectivity index is 1.81. The number of hydrogen-bond acceptors (Lipinski definition) is 4. The summed E-state index contributed by atoms with van der Waals surface area (Å²) in [6.07, 6.45) is 0.296. The van der Waals surface area contributed by atoms with Crippen LogP contribution in [-0.2, 0) is 4.79 Å². The number of nitriles is 1. The third kappa shape index (κ3) is 4.97. The van der Waals surface area contributed by atoms with E-state index in [0.717, 1.165) is 5.69 Å². The third-order valence-electron chi connectivity index (χ3n) is 3.25. The lowest BCUT2D eigenvalue weighted by Crippen LogP contribution is -2.16. The molecule has 2 N–H and O–H groups in total. The first-order valence-electron chi connectivity index (χ1n) is 7.23. The highest BCUT2D eigenvalue weighted by molar-refractivity contribution is 5.95. The van der Waals surface area contributed by atoms with Gasteiger partial charge in [0.05, 0.1) is 11.6 Å². The minimum absolute atomic E-state index is 0.00667. The molecule has 0 saturated heterocycles. The Morgan fingerprint density at radius 1 is 1.09 bits per heavy atom. The number of Topliss-reactive ketones (excluding diaryl/α,β-unsaturated/α-hetero) is 1. The van der Waals surface area contributed by atoms with E-state index in [1.54, 1.807) is 42.5 Å². The smallest absolute Gasteiger partial charge is 0.226 e. The number of carbonyl (C=O) groups excluding carboxylic acids is 2. The first-order valence-corrected chi connectivity index (χ1v) is 7.23. The maximum atomic E-state index is 11.9. The largest absolute Gasteiger partial charge is 0.385 e. The van der Waals surface area contributed by atoms with Crippen molar-refractivity contribution in [1.82, 2.24) is 0 Å². The minimum Gasteiger partial charge on any atom is -0.385 e. The number of amides is 1. The highest BCUT2D eigenvalue weighted by Gasteiger charge is 2.04. The molecule has 0 bridgehead atoms. The number of rotatable bonds is 6. The Hall–Kier alpha value is -3.13. The highest BCUT2D eigenvalue weighted by atomic mass is 16.1. The molecule has 0 unspecified atom stereocenters. The van der Waals surface area contributed by atoms with E-state index in [1.807, 2.05) is 12.1 Å². The normalized spacial score (nSPS) is 9.74. The van der Waals surface area contributed by atoms with Crippen LogP contribution in [0.1, 0.15) is 29.3 Å². The quantitative estimate of drug-likeness (QED) is 0.803. The summed E-state index contributed by atoms with van der Waals surface area (Å²) in [5.41, 5.74) is 2.66. The lowest BCUT2D eigenvalue weighted by molar-refractivity contribution is -0.115. The van der Waals surface area contributed by atoms with Gasteiger partial charge in [0.1, 0.15) is 0 Å². The van der Waals surface area contributed by atoms with Crippen molar-refractivity contribution >= 4 is 23.1 Å². The van der Waals surface area contributed by atoms with Crippen LogP contribution in [-0.4, -0.2) is 18.2 Å². The molecule has 1 amide bonds. The summed E-state index contributed by atoms with van der Waals surface area (Å²) in [4.78, 5) is 23.2. The molecule has 0 aromatic heterocycles. The molecule has 2 aromatic rings. The van der Waals surface area contributed by atoms with E-state index >= 15 is 0 Å². The summed E-state index contributed by atoms with van der Waals surface area (Å²) in [6.45, 7) is 1.98. The number of nitrogens with zero attached hydrogens (tertiary/aromatic N) is 1. The van der Waals surface area contributed by atoms with E-state index in [2.05, 4.69) is 10.6 Å². The topological polar surface area (TPSA) is 82.0 Å². The van der Waals surface area contributed by atoms with Crippen molar-refractivity contribution < 1.29 is 9.59 Å². The van der Waals surface area contributed by atoms with E-state index in [4.69, 9.17) is 5.26 Å². The molecule has 5 nitrogen and oxygen atoms in total. The van der Waals surface area contributed by atoms with Gasteiger partial charge in [-0.3, -0.25) is 9.59 Å². The second kappa shape index (κ2) is 7.76. The van der Waals surface area contributed by atoms with Gasteiger partial charge in [-0.25, -0.2) is 0 Å². The predicted molar refractivity (Wildman–Crippen MR) is 89.3 cm³/mol. The molecule has 0 aliphatic heterocycles. The van der Waals surface area contributed by atoms with Crippen molar-refractivity contribution in [2.75, 3.05) is 17.2 Å². The van der Waals surface area contributed by atoms with Gasteiger partial charge < -0.3 is 10.6 Å². The van der Waals surface area contributed by atoms with Crippen molar-refractivity contribution in [3.8, 4) is 6.07 Å². The lowest BCUT2D eigenvalue weighted by Gasteiger charge is -2.08. The first kappa shape index (κ1) is 16.2. The molecule has 0 radical (unpaired) electrons. The molecule has 0 aliphatic rings. The lowest BCUT2D eigenvalue weighted by atomic mass is 10.1. The van der Waals surface area contributed by atoms with Gasteiger partial charge in [0, 0.05) is 29.9 Å². The summed E-state index contributed by atoms with van der Waals surface area (Å²) in [7, 11) is 0. The molecule has 5 heteroatoms. The second-order valence-corrected chi connectivity index (χ2v) is 5.05. The maximum Gasteiger partial charge on any atom is 0.226 e. The van der Waals surface area contributed by atoms with Crippen LogP contribution in [0.25, 0.3) is 0 Å². The zero-order chi connectivity index (χ0) is 16.7. The number of anilines is 2. The SMILES string of the molecule is CC(=O)c1cccc(NCCC(=O)Nc2ccc(C#N)cc2)c1. The zero-order valence-electron chi connectivity index (χ0n) is 12.8. The monoisotopic (exact) mass is 307 g/mol. The predicted octanol–water partition coefficient (Wildman–Crippen LogP) is 3.20. The van der Waals surface area contributed by atoms with Gasteiger partial charge in [0.2, 0.25) is 5.91 Å².